The lowest BCUT2D eigenvalue weighted by atomic mass is 10.0. The molecule has 0 bridgehead atoms. The summed E-state index contributed by atoms with van der Waals surface area (Å²) >= 11 is 6.08. The van der Waals surface area contributed by atoms with E-state index in [9.17, 15) is 18.0 Å². The largest absolute Gasteiger partial charge is 0.409 e. The standard InChI is InChI=1S/C15H12ClF3N2O/c16-12-8-10-4-2-1-3-9(10)7-11(12)14(15(17,18)19)21-6-5-13(22)20-21/h1-4,7-8,14H,5-6H2,(H,20,22)/t14-/m0/s1. The van der Waals surface area contributed by atoms with Crippen molar-refractivity contribution in [2.24, 2.45) is 0 Å². The van der Waals surface area contributed by atoms with Crippen molar-refractivity contribution >= 4 is 28.3 Å². The molecule has 1 saturated heterocycles. The van der Waals surface area contributed by atoms with Gasteiger partial charge in [0.25, 0.3) is 0 Å². The summed E-state index contributed by atoms with van der Waals surface area (Å²) in [6.07, 6.45) is -4.51. The first kappa shape index (κ1) is 15.1. The quantitative estimate of drug-likeness (QED) is 0.908. The summed E-state index contributed by atoms with van der Waals surface area (Å²) in [5.74, 6) is -0.425. The van der Waals surface area contributed by atoms with E-state index in [-0.39, 0.29) is 23.6 Å². The topological polar surface area (TPSA) is 32.3 Å². The summed E-state index contributed by atoms with van der Waals surface area (Å²) in [4.78, 5) is 11.3. The maximum absolute atomic E-state index is 13.5. The molecule has 1 atom stereocenters. The minimum atomic E-state index is -4.55. The van der Waals surface area contributed by atoms with E-state index in [1.807, 2.05) is 0 Å². The fourth-order valence-electron chi connectivity index (χ4n) is 2.65. The molecular formula is C15H12ClF3N2O. The zero-order valence-corrected chi connectivity index (χ0v) is 12.1. The Morgan fingerprint density at radius 1 is 1.18 bits per heavy atom. The molecule has 0 radical (unpaired) electrons. The van der Waals surface area contributed by atoms with Gasteiger partial charge >= 0.3 is 6.18 Å². The van der Waals surface area contributed by atoms with Gasteiger partial charge in [0, 0.05) is 18.0 Å². The van der Waals surface area contributed by atoms with Crippen molar-refractivity contribution in [1.82, 2.24) is 10.4 Å². The van der Waals surface area contributed by atoms with Crippen LogP contribution >= 0.6 is 11.6 Å². The van der Waals surface area contributed by atoms with Crippen LogP contribution < -0.4 is 5.43 Å². The Morgan fingerprint density at radius 3 is 2.36 bits per heavy atom. The lowest BCUT2D eigenvalue weighted by Crippen LogP contribution is -2.43. The van der Waals surface area contributed by atoms with Crippen LogP contribution in [0.4, 0.5) is 13.2 Å². The van der Waals surface area contributed by atoms with Crippen molar-refractivity contribution in [3.05, 3.63) is 47.0 Å². The van der Waals surface area contributed by atoms with E-state index in [1.165, 1.54) is 12.1 Å². The number of nitrogens with one attached hydrogen (secondary N) is 1. The Kier molecular flexibility index (Phi) is 3.74. The maximum Gasteiger partial charge on any atom is 0.409 e. The van der Waals surface area contributed by atoms with E-state index < -0.39 is 18.1 Å². The molecule has 0 saturated carbocycles. The lowest BCUT2D eigenvalue weighted by Gasteiger charge is -2.30. The van der Waals surface area contributed by atoms with Crippen LogP contribution in [0, 0.1) is 0 Å². The smallest absolute Gasteiger partial charge is 0.288 e. The van der Waals surface area contributed by atoms with Gasteiger partial charge in [-0.3, -0.25) is 10.2 Å². The highest BCUT2D eigenvalue weighted by molar-refractivity contribution is 6.32. The second-order valence-electron chi connectivity index (χ2n) is 5.14. The van der Waals surface area contributed by atoms with Crippen LogP contribution in [0.2, 0.25) is 5.02 Å². The summed E-state index contributed by atoms with van der Waals surface area (Å²) in [5, 5.41) is 2.37. The van der Waals surface area contributed by atoms with Crippen molar-refractivity contribution in [3.63, 3.8) is 0 Å². The third-order valence-electron chi connectivity index (χ3n) is 3.63. The van der Waals surface area contributed by atoms with E-state index in [0.29, 0.717) is 5.39 Å². The third kappa shape index (κ3) is 2.76. The highest BCUT2D eigenvalue weighted by atomic mass is 35.5. The molecule has 0 unspecified atom stereocenters. The SMILES string of the molecule is O=C1CCN([C@@H](c2cc3ccccc3cc2Cl)C(F)(F)F)N1. The molecule has 0 spiro atoms. The van der Waals surface area contributed by atoms with Gasteiger partial charge in [-0.05, 0) is 28.5 Å². The summed E-state index contributed by atoms with van der Waals surface area (Å²) in [6.45, 7) is -0.00777. The van der Waals surface area contributed by atoms with E-state index in [1.54, 1.807) is 24.3 Å². The highest BCUT2D eigenvalue weighted by Crippen LogP contribution is 2.41. The molecule has 22 heavy (non-hydrogen) atoms. The fraction of sp³-hybridized carbons (Fsp3) is 0.267. The Morgan fingerprint density at radius 2 is 1.82 bits per heavy atom. The van der Waals surface area contributed by atoms with Gasteiger partial charge in [0.15, 0.2) is 6.04 Å². The first-order chi connectivity index (χ1) is 10.4. The maximum atomic E-state index is 13.5. The fourth-order valence-corrected chi connectivity index (χ4v) is 2.92. The van der Waals surface area contributed by atoms with E-state index in [2.05, 4.69) is 5.43 Å². The molecular weight excluding hydrogens is 317 g/mol. The predicted molar refractivity (Wildman–Crippen MR) is 77.2 cm³/mol. The predicted octanol–water partition coefficient (Wildman–Crippen LogP) is 3.83. The van der Waals surface area contributed by atoms with Gasteiger partial charge in [0.05, 0.1) is 0 Å². The second kappa shape index (κ2) is 5.44. The molecule has 116 valence electrons. The third-order valence-corrected chi connectivity index (χ3v) is 3.96. The van der Waals surface area contributed by atoms with Crippen molar-refractivity contribution < 1.29 is 18.0 Å². The van der Waals surface area contributed by atoms with E-state index in [0.717, 1.165) is 10.4 Å². The van der Waals surface area contributed by atoms with Crippen molar-refractivity contribution in [2.45, 2.75) is 18.6 Å². The summed E-state index contributed by atoms with van der Waals surface area (Å²) in [6, 6.07) is 8.04. The first-order valence-electron chi connectivity index (χ1n) is 6.67. The monoisotopic (exact) mass is 328 g/mol. The normalized spacial score (nSPS) is 17.7. The number of halogens is 4. The molecule has 0 aromatic heterocycles. The molecule has 0 aliphatic carbocycles. The zero-order valence-electron chi connectivity index (χ0n) is 11.3. The number of hydrazine groups is 1. The van der Waals surface area contributed by atoms with Crippen LogP contribution in [-0.4, -0.2) is 23.6 Å². The number of fused-ring (bicyclic) bond motifs is 1. The Hall–Kier alpha value is -1.79. The van der Waals surface area contributed by atoms with Crippen LogP contribution in [0.1, 0.15) is 18.0 Å². The van der Waals surface area contributed by atoms with Crippen molar-refractivity contribution in [3.8, 4) is 0 Å². The first-order valence-corrected chi connectivity index (χ1v) is 7.05. The summed E-state index contributed by atoms with van der Waals surface area (Å²) in [5.41, 5.74) is 2.19. The number of rotatable bonds is 2. The van der Waals surface area contributed by atoms with Gasteiger partial charge in [-0.1, -0.05) is 35.9 Å². The van der Waals surface area contributed by atoms with Gasteiger partial charge in [-0.25, -0.2) is 5.01 Å². The number of amides is 1. The van der Waals surface area contributed by atoms with Gasteiger partial charge in [0.1, 0.15) is 0 Å². The Bertz CT molecular complexity index is 732. The van der Waals surface area contributed by atoms with Gasteiger partial charge in [0.2, 0.25) is 5.91 Å². The molecule has 2 aromatic rings. The highest BCUT2D eigenvalue weighted by Gasteiger charge is 2.47. The minimum absolute atomic E-state index is 0.00777. The van der Waals surface area contributed by atoms with Crippen molar-refractivity contribution in [2.75, 3.05) is 6.54 Å². The summed E-state index contributed by atoms with van der Waals surface area (Å²) in [7, 11) is 0. The Balaban J connectivity index is 2.11. The molecule has 7 heteroatoms. The number of hydrogen-bond acceptors (Lipinski definition) is 2. The van der Waals surface area contributed by atoms with Crippen LogP contribution in [-0.2, 0) is 4.79 Å². The number of hydrogen-bond donors (Lipinski definition) is 1. The van der Waals surface area contributed by atoms with Crippen LogP contribution in [0.5, 0.6) is 0 Å². The van der Waals surface area contributed by atoms with Crippen molar-refractivity contribution in [1.29, 1.82) is 0 Å². The van der Waals surface area contributed by atoms with Gasteiger partial charge in [-0.15, -0.1) is 0 Å². The van der Waals surface area contributed by atoms with Crippen LogP contribution in [0.3, 0.4) is 0 Å². The number of alkyl halides is 3. The van der Waals surface area contributed by atoms with Crippen LogP contribution in [0.25, 0.3) is 10.8 Å². The Labute approximate surface area is 129 Å². The molecule has 1 aliphatic heterocycles. The van der Waals surface area contributed by atoms with Gasteiger partial charge < -0.3 is 0 Å². The number of benzene rings is 2. The molecule has 1 amide bonds. The number of nitrogens with zero attached hydrogens (tertiary/aromatic N) is 1. The summed E-state index contributed by atoms with van der Waals surface area (Å²) < 4.78 is 40.5. The molecule has 3 rings (SSSR count). The van der Waals surface area contributed by atoms with E-state index in [4.69, 9.17) is 11.6 Å². The second-order valence-corrected chi connectivity index (χ2v) is 5.55. The molecule has 1 aliphatic rings. The average molecular weight is 329 g/mol. The minimum Gasteiger partial charge on any atom is -0.288 e. The van der Waals surface area contributed by atoms with Crippen LogP contribution in [0.15, 0.2) is 36.4 Å². The molecule has 3 nitrogen and oxygen atoms in total. The average Bonchev–Trinajstić information content (AvgIpc) is 2.84. The molecule has 1 fully saturated rings. The lowest BCUT2D eigenvalue weighted by molar-refractivity contribution is -0.190. The van der Waals surface area contributed by atoms with E-state index >= 15 is 0 Å². The molecule has 2 aromatic carbocycles. The zero-order chi connectivity index (χ0) is 15.9. The number of carbonyl (C=O) groups excluding carboxylic acids is 1. The molecule has 1 heterocycles. The van der Waals surface area contributed by atoms with Gasteiger partial charge in [-0.2, -0.15) is 13.2 Å². The molecule has 1 N–H and O–H groups in total. The number of carbonyl (C=O) groups is 1.